The maximum absolute atomic E-state index is 12.9. The third-order valence-electron chi connectivity index (χ3n) is 3.85. The molecule has 0 aliphatic heterocycles. The van der Waals surface area contributed by atoms with Crippen LogP contribution in [0.4, 0.5) is 9.59 Å². The fraction of sp³-hybridized carbons (Fsp3) is 0.350. The van der Waals surface area contributed by atoms with Crippen LogP contribution in [0.15, 0.2) is 53.8 Å². The normalized spacial score (nSPS) is 18.6. The molecule has 1 atom stereocenters. The van der Waals surface area contributed by atoms with Gasteiger partial charge in [0.15, 0.2) is 5.78 Å². The molecule has 0 aromatic heterocycles. The highest BCUT2D eigenvalue weighted by atomic mass is 16.7. The summed E-state index contributed by atoms with van der Waals surface area (Å²) in [6, 6.07) is 8.62. The Hall–Kier alpha value is -3.09. The molecule has 27 heavy (non-hydrogen) atoms. The molecular weight excluding hydrogens is 352 g/mol. The fourth-order valence-corrected chi connectivity index (χ4v) is 2.65. The van der Waals surface area contributed by atoms with Crippen molar-refractivity contribution >= 4 is 18.1 Å². The lowest BCUT2D eigenvalue weighted by molar-refractivity contribution is -0.0120. The minimum atomic E-state index is -1.37. The van der Waals surface area contributed by atoms with Crippen LogP contribution in [-0.2, 0) is 18.9 Å². The predicted octanol–water partition coefficient (Wildman–Crippen LogP) is 4.19. The van der Waals surface area contributed by atoms with Gasteiger partial charge in [0, 0.05) is 11.1 Å². The number of ether oxygens (including phenoxy) is 4. The van der Waals surface area contributed by atoms with Crippen LogP contribution < -0.4 is 0 Å². The van der Waals surface area contributed by atoms with Gasteiger partial charge in [-0.2, -0.15) is 0 Å². The van der Waals surface area contributed by atoms with E-state index in [1.807, 2.05) is 0 Å². The second kappa shape index (κ2) is 9.02. The summed E-state index contributed by atoms with van der Waals surface area (Å²) in [7, 11) is 0. The summed E-state index contributed by atoms with van der Waals surface area (Å²) in [5, 5.41) is 0. The van der Waals surface area contributed by atoms with Crippen molar-refractivity contribution in [1.29, 1.82) is 0 Å². The van der Waals surface area contributed by atoms with E-state index in [9.17, 15) is 14.4 Å². The first-order valence-electron chi connectivity index (χ1n) is 8.61. The molecule has 1 aliphatic rings. The molecule has 0 amide bonds. The minimum Gasteiger partial charge on any atom is -0.435 e. The van der Waals surface area contributed by atoms with E-state index < -0.39 is 17.9 Å². The van der Waals surface area contributed by atoms with E-state index in [1.54, 1.807) is 51.1 Å². The van der Waals surface area contributed by atoms with Gasteiger partial charge in [0.1, 0.15) is 11.4 Å². The topological polar surface area (TPSA) is 88.1 Å². The quantitative estimate of drug-likeness (QED) is 0.545. The molecule has 7 heteroatoms. The van der Waals surface area contributed by atoms with Gasteiger partial charge in [0.05, 0.1) is 19.6 Å². The van der Waals surface area contributed by atoms with E-state index in [1.165, 1.54) is 12.2 Å². The second-order valence-corrected chi connectivity index (χ2v) is 5.89. The molecule has 1 unspecified atom stereocenters. The molecule has 1 aliphatic carbocycles. The van der Waals surface area contributed by atoms with E-state index in [4.69, 9.17) is 18.9 Å². The number of ketones is 1. The molecule has 0 spiro atoms. The summed E-state index contributed by atoms with van der Waals surface area (Å²) in [5.74, 6) is -0.0845. The SMILES string of the molecule is CCOC(=O)OC1=CC=C(C(=O)c2ccccc2)C(C)(OC(=O)OCC)C1. The van der Waals surface area contributed by atoms with Crippen molar-refractivity contribution < 1.29 is 33.3 Å². The summed E-state index contributed by atoms with van der Waals surface area (Å²) in [6.07, 6.45) is 1.17. The largest absolute Gasteiger partial charge is 0.513 e. The third-order valence-corrected chi connectivity index (χ3v) is 3.85. The van der Waals surface area contributed by atoms with E-state index in [2.05, 4.69) is 0 Å². The molecule has 0 heterocycles. The van der Waals surface area contributed by atoms with Crippen LogP contribution in [-0.4, -0.2) is 36.9 Å². The number of carbonyl (C=O) groups is 3. The van der Waals surface area contributed by atoms with Gasteiger partial charge < -0.3 is 18.9 Å². The highest BCUT2D eigenvalue weighted by molar-refractivity contribution is 6.10. The molecule has 7 nitrogen and oxygen atoms in total. The molecule has 1 aromatic carbocycles. The maximum atomic E-state index is 12.9. The Bertz CT molecular complexity index is 764. The Balaban J connectivity index is 2.33. The van der Waals surface area contributed by atoms with E-state index in [-0.39, 0.29) is 36.8 Å². The Labute approximate surface area is 157 Å². The zero-order chi connectivity index (χ0) is 19.9. The number of benzene rings is 1. The Kier molecular flexibility index (Phi) is 6.76. The first kappa shape index (κ1) is 20.2. The number of carbonyl (C=O) groups excluding carboxylic acids is 3. The summed E-state index contributed by atoms with van der Waals surface area (Å²) < 4.78 is 20.1. The molecule has 1 aromatic rings. The van der Waals surface area contributed by atoms with Gasteiger partial charge in [0.2, 0.25) is 0 Å². The third kappa shape index (κ3) is 5.20. The Morgan fingerprint density at radius 2 is 1.59 bits per heavy atom. The number of Topliss-reactive ketones (excluding diaryl/α,β-unsaturated/α-hetero) is 1. The number of hydrogen-bond donors (Lipinski definition) is 0. The number of rotatable bonds is 6. The van der Waals surface area contributed by atoms with Crippen molar-refractivity contribution in [2.75, 3.05) is 13.2 Å². The van der Waals surface area contributed by atoms with Crippen molar-refractivity contribution in [1.82, 2.24) is 0 Å². The van der Waals surface area contributed by atoms with Crippen molar-refractivity contribution in [3.05, 3.63) is 59.4 Å². The maximum Gasteiger partial charge on any atom is 0.513 e. The van der Waals surface area contributed by atoms with Crippen molar-refractivity contribution in [3.63, 3.8) is 0 Å². The monoisotopic (exact) mass is 374 g/mol. The molecule has 0 saturated heterocycles. The minimum absolute atomic E-state index is 0.0188. The lowest BCUT2D eigenvalue weighted by atomic mass is 9.82. The summed E-state index contributed by atoms with van der Waals surface area (Å²) in [4.78, 5) is 36.4. The van der Waals surface area contributed by atoms with Gasteiger partial charge in [-0.05, 0) is 32.9 Å². The van der Waals surface area contributed by atoms with Gasteiger partial charge in [-0.25, -0.2) is 9.59 Å². The van der Waals surface area contributed by atoms with Crippen molar-refractivity contribution in [2.24, 2.45) is 0 Å². The summed E-state index contributed by atoms with van der Waals surface area (Å²) >= 11 is 0. The van der Waals surface area contributed by atoms with Crippen LogP contribution in [0.2, 0.25) is 0 Å². The van der Waals surface area contributed by atoms with E-state index in [0.29, 0.717) is 5.56 Å². The molecule has 0 bridgehead atoms. The van der Waals surface area contributed by atoms with Gasteiger partial charge in [-0.15, -0.1) is 0 Å². The predicted molar refractivity (Wildman–Crippen MR) is 96.2 cm³/mol. The summed E-state index contributed by atoms with van der Waals surface area (Å²) in [5.41, 5.74) is -0.668. The van der Waals surface area contributed by atoms with Crippen LogP contribution in [0.1, 0.15) is 37.6 Å². The van der Waals surface area contributed by atoms with E-state index >= 15 is 0 Å². The Morgan fingerprint density at radius 1 is 0.963 bits per heavy atom. The van der Waals surface area contributed by atoms with Gasteiger partial charge in [-0.3, -0.25) is 4.79 Å². The summed E-state index contributed by atoms with van der Waals surface area (Å²) in [6.45, 7) is 5.16. The van der Waals surface area contributed by atoms with Crippen LogP contribution in [0, 0.1) is 0 Å². The fourth-order valence-electron chi connectivity index (χ4n) is 2.65. The zero-order valence-corrected chi connectivity index (χ0v) is 15.5. The molecule has 144 valence electrons. The lowest BCUT2D eigenvalue weighted by Crippen LogP contribution is -2.39. The van der Waals surface area contributed by atoms with Crippen LogP contribution in [0.5, 0.6) is 0 Å². The average molecular weight is 374 g/mol. The highest BCUT2D eigenvalue weighted by Crippen LogP contribution is 2.36. The smallest absolute Gasteiger partial charge is 0.435 e. The van der Waals surface area contributed by atoms with Crippen LogP contribution in [0.25, 0.3) is 0 Å². The lowest BCUT2D eigenvalue weighted by Gasteiger charge is -2.33. The van der Waals surface area contributed by atoms with E-state index in [0.717, 1.165) is 0 Å². The molecule has 0 fully saturated rings. The number of hydrogen-bond acceptors (Lipinski definition) is 7. The Morgan fingerprint density at radius 3 is 2.22 bits per heavy atom. The second-order valence-electron chi connectivity index (χ2n) is 5.89. The van der Waals surface area contributed by atoms with Gasteiger partial charge in [0.25, 0.3) is 0 Å². The van der Waals surface area contributed by atoms with Gasteiger partial charge >= 0.3 is 12.3 Å². The standard InChI is InChI=1S/C20H22O7/c1-4-24-18(22)26-15-11-12-16(17(21)14-9-7-6-8-10-14)20(3,13-15)27-19(23)25-5-2/h6-12H,4-5,13H2,1-3H3. The number of allylic oxidation sites excluding steroid dienone is 2. The average Bonchev–Trinajstić information content (AvgIpc) is 2.62. The zero-order valence-electron chi connectivity index (χ0n) is 15.5. The molecule has 0 radical (unpaired) electrons. The molecular formula is C20H22O7. The van der Waals surface area contributed by atoms with Crippen LogP contribution >= 0.6 is 0 Å². The van der Waals surface area contributed by atoms with Gasteiger partial charge in [-0.1, -0.05) is 30.3 Å². The van der Waals surface area contributed by atoms with Crippen LogP contribution in [0.3, 0.4) is 0 Å². The molecule has 2 rings (SSSR count). The molecule has 0 saturated carbocycles. The van der Waals surface area contributed by atoms with Crippen molar-refractivity contribution in [2.45, 2.75) is 32.8 Å². The van der Waals surface area contributed by atoms with Crippen molar-refractivity contribution in [3.8, 4) is 0 Å². The highest BCUT2D eigenvalue weighted by Gasteiger charge is 2.41. The first-order valence-corrected chi connectivity index (χ1v) is 8.61. The first-order chi connectivity index (χ1) is 12.9. The molecule has 0 N–H and O–H groups in total.